The van der Waals surface area contributed by atoms with Crippen LogP contribution in [0.3, 0.4) is 0 Å². The van der Waals surface area contributed by atoms with E-state index < -0.39 is 18.3 Å². The molecule has 88 valence electrons. The molecule has 0 aliphatic heterocycles. The molecule has 0 saturated carbocycles. The summed E-state index contributed by atoms with van der Waals surface area (Å²) in [6.07, 6.45) is -0.863. The van der Waals surface area contributed by atoms with Gasteiger partial charge in [-0.1, -0.05) is 12.1 Å². The van der Waals surface area contributed by atoms with E-state index in [4.69, 9.17) is 9.84 Å². The SMILES string of the molecule is COc1cccc(C)c1CC(F)(F)C(=O)O. The molecule has 0 unspecified atom stereocenters. The number of carbonyl (C=O) groups is 1. The molecule has 0 atom stereocenters. The fourth-order valence-electron chi connectivity index (χ4n) is 1.39. The molecular weight excluding hydrogens is 218 g/mol. The van der Waals surface area contributed by atoms with Gasteiger partial charge in [-0.05, 0) is 18.6 Å². The van der Waals surface area contributed by atoms with Gasteiger partial charge in [-0.15, -0.1) is 0 Å². The van der Waals surface area contributed by atoms with Crippen LogP contribution in [0.2, 0.25) is 0 Å². The molecule has 0 bridgehead atoms. The van der Waals surface area contributed by atoms with E-state index in [1.165, 1.54) is 13.2 Å². The summed E-state index contributed by atoms with van der Waals surface area (Å²) in [4.78, 5) is 10.3. The van der Waals surface area contributed by atoms with Crippen molar-refractivity contribution in [1.82, 2.24) is 0 Å². The molecule has 0 saturated heterocycles. The number of aliphatic carboxylic acids is 1. The summed E-state index contributed by atoms with van der Waals surface area (Å²) in [6.45, 7) is 1.63. The van der Waals surface area contributed by atoms with Gasteiger partial charge < -0.3 is 9.84 Å². The maximum absolute atomic E-state index is 13.1. The zero-order valence-electron chi connectivity index (χ0n) is 8.96. The van der Waals surface area contributed by atoms with Crippen LogP contribution < -0.4 is 4.74 Å². The van der Waals surface area contributed by atoms with Crippen LogP contribution in [0.1, 0.15) is 11.1 Å². The molecule has 5 heteroatoms. The Morgan fingerprint density at radius 2 is 2.12 bits per heavy atom. The third-order valence-electron chi connectivity index (χ3n) is 2.30. The molecule has 0 aromatic heterocycles. The lowest BCUT2D eigenvalue weighted by Gasteiger charge is -2.15. The average Bonchev–Trinajstić information content (AvgIpc) is 2.20. The highest BCUT2D eigenvalue weighted by Gasteiger charge is 2.40. The minimum absolute atomic E-state index is 0.220. The van der Waals surface area contributed by atoms with Gasteiger partial charge in [-0.25, -0.2) is 4.79 Å². The summed E-state index contributed by atoms with van der Waals surface area (Å²) in [5.41, 5.74) is 0.803. The van der Waals surface area contributed by atoms with Gasteiger partial charge in [0.25, 0.3) is 0 Å². The maximum atomic E-state index is 13.1. The van der Waals surface area contributed by atoms with E-state index in [2.05, 4.69) is 0 Å². The lowest BCUT2D eigenvalue weighted by molar-refractivity contribution is -0.164. The largest absolute Gasteiger partial charge is 0.496 e. The van der Waals surface area contributed by atoms with Crippen LogP contribution >= 0.6 is 0 Å². The smallest absolute Gasteiger partial charge is 0.374 e. The highest BCUT2D eigenvalue weighted by molar-refractivity contribution is 5.76. The van der Waals surface area contributed by atoms with Gasteiger partial charge in [0.1, 0.15) is 5.75 Å². The van der Waals surface area contributed by atoms with Crippen LogP contribution in [0, 0.1) is 6.92 Å². The number of carboxylic acid groups (broad SMARTS) is 1. The van der Waals surface area contributed by atoms with Crippen LogP contribution in [0.4, 0.5) is 8.78 Å². The second kappa shape index (κ2) is 4.47. The van der Waals surface area contributed by atoms with Gasteiger partial charge in [-0.3, -0.25) is 0 Å². The summed E-state index contributed by atoms with van der Waals surface area (Å²) in [5.74, 6) is -5.63. The van der Waals surface area contributed by atoms with Crippen molar-refractivity contribution in [3.8, 4) is 5.75 Å². The number of carboxylic acids is 1. The standard InChI is InChI=1S/C11H12F2O3/c1-7-4-3-5-9(16-2)8(7)6-11(12,13)10(14)15/h3-5H,6H2,1-2H3,(H,14,15). The van der Waals surface area contributed by atoms with E-state index in [1.807, 2.05) is 0 Å². The fourth-order valence-corrected chi connectivity index (χ4v) is 1.39. The van der Waals surface area contributed by atoms with E-state index in [-0.39, 0.29) is 11.3 Å². The first-order chi connectivity index (χ1) is 7.38. The van der Waals surface area contributed by atoms with Crippen molar-refractivity contribution < 1.29 is 23.4 Å². The summed E-state index contributed by atoms with van der Waals surface area (Å²) < 4.78 is 31.1. The van der Waals surface area contributed by atoms with E-state index in [0.717, 1.165) is 0 Å². The number of benzene rings is 1. The van der Waals surface area contributed by atoms with Crippen LogP contribution in [0.5, 0.6) is 5.75 Å². The minimum Gasteiger partial charge on any atom is -0.496 e. The summed E-state index contributed by atoms with van der Waals surface area (Å²) in [5, 5.41) is 8.37. The number of ether oxygens (including phenoxy) is 1. The highest BCUT2D eigenvalue weighted by atomic mass is 19.3. The Hall–Kier alpha value is -1.65. The Morgan fingerprint density at radius 3 is 2.62 bits per heavy atom. The molecule has 0 aliphatic carbocycles. The molecule has 0 amide bonds. The van der Waals surface area contributed by atoms with E-state index in [1.54, 1.807) is 19.1 Å². The number of alkyl halides is 2. The van der Waals surface area contributed by atoms with Crippen molar-refractivity contribution in [3.63, 3.8) is 0 Å². The van der Waals surface area contributed by atoms with Crippen LogP contribution in [0.25, 0.3) is 0 Å². The Morgan fingerprint density at radius 1 is 1.50 bits per heavy atom. The summed E-state index contributed by atoms with van der Waals surface area (Å²) >= 11 is 0. The molecule has 1 N–H and O–H groups in total. The van der Waals surface area contributed by atoms with E-state index >= 15 is 0 Å². The lowest BCUT2D eigenvalue weighted by Crippen LogP contribution is -2.31. The number of halogens is 2. The van der Waals surface area contributed by atoms with Gasteiger partial charge in [0.15, 0.2) is 0 Å². The van der Waals surface area contributed by atoms with E-state index in [0.29, 0.717) is 5.56 Å². The van der Waals surface area contributed by atoms with Crippen molar-refractivity contribution in [2.24, 2.45) is 0 Å². The second-order valence-corrected chi connectivity index (χ2v) is 3.44. The van der Waals surface area contributed by atoms with Crippen molar-refractivity contribution >= 4 is 5.97 Å². The van der Waals surface area contributed by atoms with Crippen molar-refractivity contribution in [3.05, 3.63) is 29.3 Å². The first-order valence-electron chi connectivity index (χ1n) is 4.62. The predicted molar refractivity (Wildman–Crippen MR) is 54.0 cm³/mol. The van der Waals surface area contributed by atoms with Gasteiger partial charge in [0, 0.05) is 5.56 Å². The van der Waals surface area contributed by atoms with Crippen LogP contribution in [-0.2, 0) is 11.2 Å². The molecular formula is C11H12F2O3. The van der Waals surface area contributed by atoms with E-state index in [9.17, 15) is 13.6 Å². The first kappa shape index (κ1) is 12.4. The third-order valence-corrected chi connectivity index (χ3v) is 2.30. The summed E-state index contributed by atoms with van der Waals surface area (Å²) in [7, 11) is 1.36. The normalized spacial score (nSPS) is 11.2. The third kappa shape index (κ3) is 2.48. The number of hydrogen-bond acceptors (Lipinski definition) is 2. The monoisotopic (exact) mass is 230 g/mol. The molecule has 0 spiro atoms. The molecule has 1 rings (SSSR count). The van der Waals surface area contributed by atoms with Crippen molar-refractivity contribution in [2.45, 2.75) is 19.3 Å². The van der Waals surface area contributed by atoms with Gasteiger partial charge in [-0.2, -0.15) is 8.78 Å². The average molecular weight is 230 g/mol. The molecule has 16 heavy (non-hydrogen) atoms. The van der Waals surface area contributed by atoms with Gasteiger partial charge >= 0.3 is 11.9 Å². The molecule has 0 fully saturated rings. The second-order valence-electron chi connectivity index (χ2n) is 3.44. The zero-order valence-corrected chi connectivity index (χ0v) is 8.96. The lowest BCUT2D eigenvalue weighted by atomic mass is 10.0. The predicted octanol–water partition coefficient (Wildman–Crippen LogP) is 2.27. The Kier molecular flexibility index (Phi) is 3.47. The van der Waals surface area contributed by atoms with Crippen LogP contribution in [0.15, 0.2) is 18.2 Å². The Balaban J connectivity index is 3.09. The van der Waals surface area contributed by atoms with Gasteiger partial charge in [0.05, 0.1) is 13.5 Å². The topological polar surface area (TPSA) is 46.5 Å². The first-order valence-corrected chi connectivity index (χ1v) is 4.62. The Labute approximate surface area is 91.7 Å². The molecule has 0 radical (unpaired) electrons. The van der Waals surface area contributed by atoms with Crippen LogP contribution in [-0.4, -0.2) is 24.1 Å². The Bertz CT molecular complexity index is 402. The highest BCUT2D eigenvalue weighted by Crippen LogP contribution is 2.29. The molecule has 0 aliphatic rings. The van der Waals surface area contributed by atoms with Crippen molar-refractivity contribution in [2.75, 3.05) is 7.11 Å². The summed E-state index contributed by atoms with van der Waals surface area (Å²) in [6, 6.07) is 4.83. The molecule has 1 aromatic carbocycles. The number of rotatable bonds is 4. The molecule has 1 aromatic rings. The number of methoxy groups -OCH3 is 1. The number of hydrogen-bond donors (Lipinski definition) is 1. The fraction of sp³-hybridized carbons (Fsp3) is 0.364. The molecule has 0 heterocycles. The number of aryl methyl sites for hydroxylation is 1. The minimum atomic E-state index is -3.78. The quantitative estimate of drug-likeness (QED) is 0.863. The van der Waals surface area contributed by atoms with Gasteiger partial charge in [0.2, 0.25) is 0 Å². The van der Waals surface area contributed by atoms with Crippen molar-refractivity contribution in [1.29, 1.82) is 0 Å². The maximum Gasteiger partial charge on any atom is 0.374 e. The zero-order chi connectivity index (χ0) is 12.3. The molecule has 3 nitrogen and oxygen atoms in total.